The van der Waals surface area contributed by atoms with Gasteiger partial charge in [-0.3, -0.25) is 0 Å². The van der Waals surface area contributed by atoms with Crippen molar-refractivity contribution in [2.45, 2.75) is 32.4 Å². The lowest BCUT2D eigenvalue weighted by molar-refractivity contribution is 0.0842. The van der Waals surface area contributed by atoms with Crippen LogP contribution in [0, 0.1) is 6.92 Å². The summed E-state index contributed by atoms with van der Waals surface area (Å²) >= 11 is 1.69. The van der Waals surface area contributed by atoms with Gasteiger partial charge in [0.05, 0.1) is 12.6 Å². The highest BCUT2D eigenvalue weighted by Crippen LogP contribution is 2.15. The summed E-state index contributed by atoms with van der Waals surface area (Å²) in [4.78, 5) is 15.9. The summed E-state index contributed by atoms with van der Waals surface area (Å²) in [5.41, 5.74) is 0. The van der Waals surface area contributed by atoms with E-state index in [1.165, 1.54) is 4.88 Å². The Bertz CT molecular complexity index is 392. The topological polar surface area (TPSA) is 52.6 Å². The van der Waals surface area contributed by atoms with Crippen LogP contribution in [0.3, 0.4) is 0 Å². The molecular formula is C12H18N2O2S. The molecule has 0 radical (unpaired) electrons. The minimum atomic E-state index is -0.363. The van der Waals surface area contributed by atoms with Gasteiger partial charge in [0, 0.05) is 22.8 Å². The number of aryl methyl sites for hydroxylation is 1. The Morgan fingerprint density at radius 2 is 2.47 bits per heavy atom. The molecule has 1 saturated heterocycles. The molecule has 1 fully saturated rings. The number of amides is 2. The SMILES string of the molecule is Cc1ccc(CNC(=O)N2CCCC(O)C2)s1. The number of aliphatic hydroxyl groups is 1. The quantitative estimate of drug-likeness (QED) is 0.844. The van der Waals surface area contributed by atoms with Crippen LogP contribution in [0.5, 0.6) is 0 Å². The minimum absolute atomic E-state index is 0.0743. The lowest BCUT2D eigenvalue weighted by Gasteiger charge is -2.30. The second-order valence-electron chi connectivity index (χ2n) is 4.41. The number of β-amino-alcohol motifs (C(OH)–C–C–N with tert-alkyl or cyclic N) is 1. The largest absolute Gasteiger partial charge is 0.391 e. The lowest BCUT2D eigenvalue weighted by atomic mass is 10.1. The Morgan fingerprint density at radius 1 is 1.65 bits per heavy atom. The highest BCUT2D eigenvalue weighted by atomic mass is 32.1. The van der Waals surface area contributed by atoms with Gasteiger partial charge in [-0.15, -0.1) is 11.3 Å². The highest BCUT2D eigenvalue weighted by molar-refractivity contribution is 7.11. The second-order valence-corrected chi connectivity index (χ2v) is 5.79. The fraction of sp³-hybridized carbons (Fsp3) is 0.583. The molecule has 0 aliphatic carbocycles. The van der Waals surface area contributed by atoms with E-state index in [9.17, 15) is 9.90 Å². The van der Waals surface area contributed by atoms with E-state index >= 15 is 0 Å². The summed E-state index contributed by atoms with van der Waals surface area (Å²) in [6.45, 7) is 3.82. The van der Waals surface area contributed by atoms with Crippen molar-refractivity contribution in [1.29, 1.82) is 0 Å². The maximum Gasteiger partial charge on any atom is 0.317 e. The Morgan fingerprint density at radius 3 is 3.12 bits per heavy atom. The fourth-order valence-corrected chi connectivity index (χ4v) is 2.82. The lowest BCUT2D eigenvalue weighted by Crippen LogP contribution is -2.46. The molecule has 2 rings (SSSR count). The third kappa shape index (κ3) is 3.44. The molecule has 17 heavy (non-hydrogen) atoms. The molecule has 1 aromatic rings. The molecule has 2 heterocycles. The molecular weight excluding hydrogens is 236 g/mol. The third-order valence-electron chi connectivity index (χ3n) is 2.89. The first-order chi connectivity index (χ1) is 8.15. The van der Waals surface area contributed by atoms with Crippen LogP contribution in [0.1, 0.15) is 22.6 Å². The van der Waals surface area contributed by atoms with Crippen molar-refractivity contribution in [2.75, 3.05) is 13.1 Å². The molecule has 0 spiro atoms. The van der Waals surface area contributed by atoms with Gasteiger partial charge in [0.25, 0.3) is 0 Å². The number of carbonyl (C=O) groups excluding carboxylic acids is 1. The predicted octanol–water partition coefficient (Wildman–Crippen LogP) is 1.72. The zero-order valence-corrected chi connectivity index (χ0v) is 10.8. The molecule has 0 aromatic carbocycles. The molecule has 1 aliphatic heterocycles. The number of hydrogen-bond donors (Lipinski definition) is 2. The van der Waals surface area contributed by atoms with Gasteiger partial charge in [0.15, 0.2) is 0 Å². The second kappa shape index (κ2) is 5.51. The molecule has 0 bridgehead atoms. The standard InChI is InChI=1S/C12H18N2O2S/c1-9-4-5-11(17-9)7-13-12(16)14-6-2-3-10(15)8-14/h4-5,10,15H,2-3,6-8H2,1H3,(H,13,16). The molecule has 5 heteroatoms. The number of urea groups is 1. The smallest absolute Gasteiger partial charge is 0.317 e. The highest BCUT2D eigenvalue weighted by Gasteiger charge is 2.21. The fourth-order valence-electron chi connectivity index (χ4n) is 1.99. The van der Waals surface area contributed by atoms with Crippen molar-refractivity contribution in [3.63, 3.8) is 0 Å². The summed E-state index contributed by atoms with van der Waals surface area (Å²) in [6.07, 6.45) is 1.32. The van der Waals surface area contributed by atoms with Crippen LogP contribution in [0.15, 0.2) is 12.1 Å². The van der Waals surface area contributed by atoms with E-state index in [4.69, 9.17) is 0 Å². The van der Waals surface area contributed by atoms with E-state index in [0.717, 1.165) is 24.3 Å². The number of rotatable bonds is 2. The van der Waals surface area contributed by atoms with Crippen LogP contribution in [0.25, 0.3) is 0 Å². The first-order valence-corrected chi connectivity index (χ1v) is 6.73. The first kappa shape index (κ1) is 12.4. The molecule has 0 saturated carbocycles. The van der Waals surface area contributed by atoms with Crippen LogP contribution in [-0.4, -0.2) is 35.2 Å². The number of nitrogens with zero attached hydrogens (tertiary/aromatic N) is 1. The van der Waals surface area contributed by atoms with E-state index in [-0.39, 0.29) is 12.1 Å². The number of hydrogen-bond acceptors (Lipinski definition) is 3. The maximum absolute atomic E-state index is 11.8. The van der Waals surface area contributed by atoms with E-state index in [1.54, 1.807) is 16.2 Å². The van der Waals surface area contributed by atoms with Crippen molar-refractivity contribution < 1.29 is 9.90 Å². The van der Waals surface area contributed by atoms with Gasteiger partial charge in [-0.25, -0.2) is 4.79 Å². The van der Waals surface area contributed by atoms with Crippen LogP contribution in [-0.2, 0) is 6.54 Å². The Kier molecular flexibility index (Phi) is 4.02. The maximum atomic E-state index is 11.8. The number of aliphatic hydroxyl groups excluding tert-OH is 1. The van der Waals surface area contributed by atoms with Crippen molar-refractivity contribution in [2.24, 2.45) is 0 Å². The minimum Gasteiger partial charge on any atom is -0.391 e. The first-order valence-electron chi connectivity index (χ1n) is 5.91. The molecule has 1 aliphatic rings. The molecule has 1 atom stereocenters. The van der Waals surface area contributed by atoms with Crippen LogP contribution in [0.2, 0.25) is 0 Å². The van der Waals surface area contributed by atoms with E-state index < -0.39 is 0 Å². The molecule has 2 amide bonds. The summed E-state index contributed by atoms with van der Waals surface area (Å²) in [6, 6.07) is 4.01. The number of nitrogens with one attached hydrogen (secondary N) is 1. The van der Waals surface area contributed by atoms with Crippen LogP contribution in [0.4, 0.5) is 4.79 Å². The number of piperidine rings is 1. The third-order valence-corrected chi connectivity index (χ3v) is 3.89. The van der Waals surface area contributed by atoms with Crippen molar-refractivity contribution >= 4 is 17.4 Å². The summed E-state index contributed by atoms with van der Waals surface area (Å²) in [7, 11) is 0. The monoisotopic (exact) mass is 254 g/mol. The van der Waals surface area contributed by atoms with Crippen LogP contribution >= 0.6 is 11.3 Å². The van der Waals surface area contributed by atoms with Gasteiger partial charge in [-0.1, -0.05) is 0 Å². The normalized spacial score (nSPS) is 20.4. The van der Waals surface area contributed by atoms with Gasteiger partial charge in [0.1, 0.15) is 0 Å². The Hall–Kier alpha value is -1.07. The van der Waals surface area contributed by atoms with Gasteiger partial charge in [-0.05, 0) is 31.9 Å². The Labute approximate surface area is 105 Å². The molecule has 94 valence electrons. The predicted molar refractivity (Wildman–Crippen MR) is 68.1 cm³/mol. The number of thiophene rings is 1. The van der Waals surface area contributed by atoms with Gasteiger partial charge in [0.2, 0.25) is 0 Å². The Balaban J connectivity index is 1.80. The summed E-state index contributed by atoms with van der Waals surface area (Å²) in [5, 5.41) is 12.4. The molecule has 4 nitrogen and oxygen atoms in total. The van der Waals surface area contributed by atoms with Crippen molar-refractivity contribution in [3.05, 3.63) is 21.9 Å². The zero-order valence-electron chi connectivity index (χ0n) is 9.98. The van der Waals surface area contributed by atoms with Crippen molar-refractivity contribution in [3.8, 4) is 0 Å². The van der Waals surface area contributed by atoms with Gasteiger partial charge >= 0.3 is 6.03 Å². The average Bonchev–Trinajstić information content (AvgIpc) is 2.72. The van der Waals surface area contributed by atoms with E-state index in [2.05, 4.69) is 18.3 Å². The zero-order chi connectivity index (χ0) is 12.3. The number of likely N-dealkylation sites (tertiary alicyclic amines) is 1. The molecule has 1 unspecified atom stereocenters. The molecule has 1 aromatic heterocycles. The van der Waals surface area contributed by atoms with Crippen LogP contribution < -0.4 is 5.32 Å². The number of carbonyl (C=O) groups is 1. The van der Waals surface area contributed by atoms with Crippen molar-refractivity contribution in [1.82, 2.24) is 10.2 Å². The van der Waals surface area contributed by atoms with Gasteiger partial charge in [-0.2, -0.15) is 0 Å². The summed E-state index contributed by atoms with van der Waals surface area (Å²) < 4.78 is 0. The van der Waals surface area contributed by atoms with E-state index in [1.807, 2.05) is 6.07 Å². The van der Waals surface area contributed by atoms with Gasteiger partial charge < -0.3 is 15.3 Å². The van der Waals surface area contributed by atoms with E-state index in [0.29, 0.717) is 13.1 Å². The summed E-state index contributed by atoms with van der Waals surface area (Å²) in [5.74, 6) is 0. The average molecular weight is 254 g/mol. The molecule has 2 N–H and O–H groups in total.